The predicted octanol–water partition coefficient (Wildman–Crippen LogP) is 3.11. The summed E-state index contributed by atoms with van der Waals surface area (Å²) in [4.78, 5) is 8.80. The molecule has 14 heteroatoms. The van der Waals surface area contributed by atoms with Gasteiger partial charge in [0.25, 0.3) is 5.92 Å². The molecular weight excluding hydrogens is 511 g/mol. The number of anilines is 1. The highest BCUT2D eigenvalue weighted by Gasteiger charge is 2.47. The molecular formula is C23H26F3N7O3S. The Morgan fingerprint density at radius 2 is 2.03 bits per heavy atom. The summed E-state index contributed by atoms with van der Waals surface area (Å²) in [6, 6.07) is 6.08. The Bertz CT molecular complexity index is 1590. The lowest BCUT2D eigenvalue weighted by Gasteiger charge is -2.37. The van der Waals surface area contributed by atoms with Gasteiger partial charge in [0.15, 0.2) is 0 Å². The van der Waals surface area contributed by atoms with Gasteiger partial charge in [0, 0.05) is 18.3 Å². The second-order valence-corrected chi connectivity index (χ2v) is 11.0. The molecule has 0 bridgehead atoms. The minimum absolute atomic E-state index is 0.0416. The third kappa shape index (κ3) is 4.59. The Kier molecular flexibility index (Phi) is 6.26. The highest BCUT2D eigenvalue weighted by Crippen LogP contribution is 2.35. The molecule has 4 heterocycles. The third-order valence-electron chi connectivity index (χ3n) is 6.57. The summed E-state index contributed by atoms with van der Waals surface area (Å²) in [5.41, 5.74) is 3.60. The Morgan fingerprint density at radius 1 is 1.24 bits per heavy atom. The van der Waals surface area contributed by atoms with Gasteiger partial charge in [0.1, 0.15) is 18.0 Å². The Labute approximate surface area is 211 Å². The molecule has 198 valence electrons. The van der Waals surface area contributed by atoms with Crippen LogP contribution in [0.5, 0.6) is 5.88 Å². The second kappa shape index (κ2) is 9.17. The molecule has 1 fully saturated rings. The zero-order valence-corrected chi connectivity index (χ0v) is 21.3. The first-order valence-corrected chi connectivity index (χ1v) is 13.4. The maximum absolute atomic E-state index is 14.8. The molecule has 10 nitrogen and oxygen atoms in total. The first-order valence-electron chi connectivity index (χ1n) is 11.6. The number of nitrogens with one attached hydrogen (secondary N) is 1. The van der Waals surface area contributed by atoms with Gasteiger partial charge in [-0.05, 0) is 37.1 Å². The average Bonchev–Trinajstić information content (AvgIpc) is 3.39. The van der Waals surface area contributed by atoms with E-state index in [1.165, 1.54) is 11.6 Å². The number of methoxy groups -OCH3 is 1. The number of aromatic nitrogens is 5. The van der Waals surface area contributed by atoms with Crippen LogP contribution in [0.4, 0.5) is 19.1 Å². The van der Waals surface area contributed by atoms with E-state index in [0.29, 0.717) is 11.3 Å². The van der Waals surface area contributed by atoms with Crippen LogP contribution in [0.15, 0.2) is 30.5 Å². The summed E-state index contributed by atoms with van der Waals surface area (Å²) in [6.45, 7) is 0.535. The zero-order chi connectivity index (χ0) is 26.5. The van der Waals surface area contributed by atoms with Gasteiger partial charge in [-0.25, -0.2) is 31.1 Å². The molecule has 0 spiro atoms. The van der Waals surface area contributed by atoms with Gasteiger partial charge in [0.2, 0.25) is 21.9 Å². The minimum Gasteiger partial charge on any atom is -0.479 e. The fraction of sp³-hybridized carbons (Fsp3) is 0.435. The average molecular weight is 538 g/mol. The molecule has 0 unspecified atom stereocenters. The largest absolute Gasteiger partial charge is 0.479 e. The highest BCUT2D eigenvalue weighted by atomic mass is 32.2. The fourth-order valence-corrected chi connectivity index (χ4v) is 5.57. The van der Waals surface area contributed by atoms with Crippen LogP contribution in [-0.2, 0) is 16.6 Å². The Morgan fingerprint density at radius 3 is 2.70 bits per heavy atom. The van der Waals surface area contributed by atoms with Gasteiger partial charge in [-0.2, -0.15) is 9.29 Å². The van der Waals surface area contributed by atoms with Crippen LogP contribution < -0.4 is 10.1 Å². The number of alkyl halides is 3. The number of aryl methyl sites for hydroxylation is 2. The van der Waals surface area contributed by atoms with Crippen LogP contribution in [0.25, 0.3) is 27.7 Å². The van der Waals surface area contributed by atoms with E-state index in [1.54, 1.807) is 12.3 Å². The van der Waals surface area contributed by atoms with Crippen molar-refractivity contribution in [1.29, 1.82) is 0 Å². The number of sulfonamides is 1. The number of halogens is 3. The number of fused-ring (bicyclic) bond motifs is 2. The maximum atomic E-state index is 14.8. The van der Waals surface area contributed by atoms with Crippen molar-refractivity contribution >= 4 is 32.5 Å². The number of hydrogen-bond donors (Lipinski definition) is 1. The van der Waals surface area contributed by atoms with Crippen molar-refractivity contribution in [2.75, 3.05) is 38.4 Å². The van der Waals surface area contributed by atoms with Crippen molar-refractivity contribution in [3.05, 3.63) is 36.3 Å². The van der Waals surface area contributed by atoms with Gasteiger partial charge in [-0.15, -0.1) is 5.10 Å². The number of benzene rings is 1. The molecule has 1 aromatic carbocycles. The summed E-state index contributed by atoms with van der Waals surface area (Å²) in [5, 5.41) is 7.02. The maximum Gasteiger partial charge on any atom is 0.281 e. The number of rotatable bonds is 7. The topological polar surface area (TPSA) is 107 Å². The lowest BCUT2D eigenvalue weighted by Crippen LogP contribution is -2.55. The van der Waals surface area contributed by atoms with E-state index in [2.05, 4.69) is 20.4 Å². The molecule has 3 aromatic heterocycles. The molecule has 0 radical (unpaired) electrons. The van der Waals surface area contributed by atoms with Gasteiger partial charge < -0.3 is 14.6 Å². The molecule has 0 aliphatic carbocycles. The number of hydrogen-bond acceptors (Lipinski definition) is 7. The van der Waals surface area contributed by atoms with Crippen molar-refractivity contribution in [3.63, 3.8) is 0 Å². The van der Waals surface area contributed by atoms with E-state index in [9.17, 15) is 21.6 Å². The zero-order valence-electron chi connectivity index (χ0n) is 20.4. The van der Waals surface area contributed by atoms with Gasteiger partial charge in [-0.3, -0.25) is 0 Å². The van der Waals surface area contributed by atoms with E-state index in [0.717, 1.165) is 32.7 Å². The number of imidazole rings is 1. The number of ether oxygens (including phenoxy) is 1. The second-order valence-electron chi connectivity index (χ2n) is 9.01. The Hall–Kier alpha value is -3.39. The molecule has 1 aliphatic rings. The first kappa shape index (κ1) is 25.3. The van der Waals surface area contributed by atoms with E-state index < -0.39 is 35.2 Å². The standard InChI is InChI=1S/C23H26F3N7O3S/c1-14-27-17-5-4-15(12-18(17)32(14)11-8-24)16-6-10-33-20(16)21(36-2)29-22(30-33)28-19-7-9-31(37(3,34)35)13-23(19,25)26/h4-6,10,12,19H,7-9,11,13H2,1-3H3,(H,28,30)/t19-/m1/s1. The van der Waals surface area contributed by atoms with Crippen molar-refractivity contribution in [2.24, 2.45) is 0 Å². The quantitative estimate of drug-likeness (QED) is 0.386. The fourth-order valence-electron chi connectivity index (χ4n) is 4.73. The number of nitrogens with zero attached hydrogens (tertiary/aromatic N) is 6. The van der Waals surface area contributed by atoms with Crippen LogP contribution in [0.1, 0.15) is 12.2 Å². The lowest BCUT2D eigenvalue weighted by molar-refractivity contribution is -0.0541. The van der Waals surface area contributed by atoms with E-state index >= 15 is 0 Å². The first-order chi connectivity index (χ1) is 17.5. The van der Waals surface area contributed by atoms with Gasteiger partial charge in [0.05, 0.1) is 43.5 Å². The van der Waals surface area contributed by atoms with Crippen LogP contribution in [0.2, 0.25) is 0 Å². The number of piperidine rings is 1. The monoisotopic (exact) mass is 537 g/mol. The van der Waals surface area contributed by atoms with Crippen molar-refractivity contribution in [1.82, 2.24) is 28.5 Å². The van der Waals surface area contributed by atoms with Gasteiger partial charge in [-0.1, -0.05) is 6.07 Å². The molecule has 1 saturated heterocycles. The summed E-state index contributed by atoms with van der Waals surface area (Å²) < 4.78 is 75.7. The van der Waals surface area contributed by atoms with Gasteiger partial charge >= 0.3 is 0 Å². The molecule has 37 heavy (non-hydrogen) atoms. The normalized spacial score (nSPS) is 18.5. The van der Waals surface area contributed by atoms with Crippen LogP contribution in [0.3, 0.4) is 0 Å². The molecule has 0 amide bonds. The Balaban J connectivity index is 1.49. The summed E-state index contributed by atoms with van der Waals surface area (Å²) in [5.74, 6) is -2.52. The van der Waals surface area contributed by atoms with E-state index in [4.69, 9.17) is 4.74 Å². The molecule has 4 aromatic rings. The molecule has 1 N–H and O–H groups in total. The van der Waals surface area contributed by atoms with E-state index in [1.807, 2.05) is 29.7 Å². The van der Waals surface area contributed by atoms with Crippen LogP contribution >= 0.6 is 0 Å². The highest BCUT2D eigenvalue weighted by molar-refractivity contribution is 7.88. The van der Waals surface area contributed by atoms with Crippen molar-refractivity contribution in [3.8, 4) is 17.0 Å². The van der Waals surface area contributed by atoms with Crippen molar-refractivity contribution in [2.45, 2.75) is 31.9 Å². The summed E-state index contributed by atoms with van der Waals surface area (Å²) >= 11 is 0. The third-order valence-corrected chi connectivity index (χ3v) is 7.82. The summed E-state index contributed by atoms with van der Waals surface area (Å²) in [6.07, 6.45) is 2.46. The molecule has 5 rings (SSSR count). The van der Waals surface area contributed by atoms with E-state index in [-0.39, 0.29) is 31.3 Å². The smallest absolute Gasteiger partial charge is 0.281 e. The lowest BCUT2D eigenvalue weighted by atomic mass is 10.0. The molecule has 1 atom stereocenters. The molecule has 0 saturated carbocycles. The predicted molar refractivity (Wildman–Crippen MR) is 132 cm³/mol. The minimum atomic E-state index is -3.73. The SMILES string of the molecule is COc1nc(N[C@@H]2CCN(S(C)(=O)=O)CC2(F)F)nn2ccc(-c3ccc4nc(C)n(CCF)c4c3)c12. The van der Waals surface area contributed by atoms with Crippen LogP contribution in [-0.4, -0.2) is 82.0 Å². The molecule has 1 aliphatic heterocycles. The van der Waals surface area contributed by atoms with Crippen LogP contribution in [0, 0.1) is 6.92 Å². The summed E-state index contributed by atoms with van der Waals surface area (Å²) in [7, 11) is -2.31. The van der Waals surface area contributed by atoms with Crippen molar-refractivity contribution < 1.29 is 26.3 Å².